The zero-order valence-corrected chi connectivity index (χ0v) is 17.1. The Morgan fingerprint density at radius 3 is 2.59 bits per heavy atom. The number of methoxy groups -OCH3 is 1. The van der Waals surface area contributed by atoms with E-state index < -0.39 is 5.82 Å². The molecule has 2 atom stereocenters. The number of carbonyl (C=O) groups is 1. The van der Waals surface area contributed by atoms with Crippen molar-refractivity contribution < 1.29 is 18.8 Å². The molecule has 1 heterocycles. The Bertz CT molecular complexity index is 787. The van der Waals surface area contributed by atoms with Crippen LogP contribution < -0.4 is 5.06 Å². The third kappa shape index (κ3) is 5.85. The van der Waals surface area contributed by atoms with Gasteiger partial charge in [-0.25, -0.2) is 4.39 Å². The number of rotatable bonds is 8. The molecule has 0 aliphatic carbocycles. The molecule has 1 aliphatic heterocycles. The van der Waals surface area contributed by atoms with Crippen molar-refractivity contribution >= 4 is 11.6 Å². The van der Waals surface area contributed by atoms with Gasteiger partial charge in [-0.1, -0.05) is 42.5 Å². The van der Waals surface area contributed by atoms with Crippen molar-refractivity contribution in [2.45, 2.75) is 25.9 Å². The average Bonchev–Trinajstić information content (AvgIpc) is 2.74. The van der Waals surface area contributed by atoms with Crippen LogP contribution in [0.5, 0.6) is 0 Å². The molecule has 1 aliphatic rings. The van der Waals surface area contributed by atoms with Gasteiger partial charge >= 0.3 is 0 Å². The first-order valence-electron chi connectivity index (χ1n) is 10.1. The van der Waals surface area contributed by atoms with Gasteiger partial charge in [-0.3, -0.25) is 9.63 Å². The lowest BCUT2D eigenvalue weighted by Gasteiger charge is -2.38. The van der Waals surface area contributed by atoms with Crippen LogP contribution in [0.2, 0.25) is 0 Å². The van der Waals surface area contributed by atoms with E-state index in [0.29, 0.717) is 6.61 Å². The van der Waals surface area contributed by atoms with Gasteiger partial charge in [0.05, 0.1) is 12.7 Å². The highest BCUT2D eigenvalue weighted by Crippen LogP contribution is 2.24. The number of hydrogen-bond acceptors (Lipinski definition) is 4. The Hall–Kier alpha value is -2.28. The van der Waals surface area contributed by atoms with E-state index >= 15 is 0 Å². The predicted octanol–water partition coefficient (Wildman–Crippen LogP) is 3.69. The van der Waals surface area contributed by atoms with E-state index in [9.17, 15) is 9.18 Å². The fraction of sp³-hybridized carbons (Fsp3) is 0.435. The van der Waals surface area contributed by atoms with E-state index in [1.807, 2.05) is 6.07 Å². The number of benzene rings is 2. The lowest BCUT2D eigenvalue weighted by atomic mass is 9.94. The molecular weight excluding hydrogens is 371 g/mol. The van der Waals surface area contributed by atoms with Gasteiger partial charge in [-0.15, -0.1) is 0 Å². The zero-order chi connectivity index (χ0) is 20.6. The second-order valence-corrected chi connectivity index (χ2v) is 7.42. The number of anilines is 1. The lowest BCUT2D eigenvalue weighted by molar-refractivity contribution is -0.126. The molecule has 0 aromatic heterocycles. The van der Waals surface area contributed by atoms with Gasteiger partial charge in [0.15, 0.2) is 0 Å². The highest BCUT2D eigenvalue weighted by Gasteiger charge is 2.30. The minimum Gasteiger partial charge on any atom is -0.380 e. The van der Waals surface area contributed by atoms with Crippen LogP contribution in [0.3, 0.4) is 0 Å². The number of hydrogen-bond donors (Lipinski definition) is 0. The summed E-state index contributed by atoms with van der Waals surface area (Å²) in [6.07, 6.45) is 1.91. The molecule has 2 aromatic carbocycles. The number of para-hydroxylation sites is 1. The van der Waals surface area contributed by atoms with Crippen LogP contribution in [0.25, 0.3) is 0 Å². The van der Waals surface area contributed by atoms with Crippen LogP contribution in [0, 0.1) is 11.7 Å². The second kappa shape index (κ2) is 10.5. The van der Waals surface area contributed by atoms with E-state index in [0.717, 1.165) is 37.5 Å². The number of piperidine rings is 1. The Kier molecular flexibility index (Phi) is 7.75. The van der Waals surface area contributed by atoms with Gasteiger partial charge in [0, 0.05) is 33.0 Å². The van der Waals surface area contributed by atoms with Crippen molar-refractivity contribution in [2.24, 2.45) is 5.92 Å². The molecule has 0 N–H and O–H groups in total. The molecule has 6 heteroatoms. The first-order chi connectivity index (χ1) is 14.1. The largest absolute Gasteiger partial charge is 0.380 e. The quantitative estimate of drug-likeness (QED) is 0.634. The normalized spacial score (nSPS) is 19.8. The van der Waals surface area contributed by atoms with Crippen LogP contribution in [-0.4, -0.2) is 50.3 Å². The smallest absolute Gasteiger partial charge is 0.247 e. The standard InChI is InChI=1S/C23H29FN2O3/c1-18(27)26(22-11-7-6-10-21(22)24)29-17-20-13-15-25(16-23(20)28-2)14-12-19-8-4-3-5-9-19/h3-11,20,23H,12-17H2,1-2H3/t20-,23+/m0/s1. The number of hydroxylamine groups is 1. The van der Waals surface area contributed by atoms with Gasteiger partial charge in [0.2, 0.25) is 5.91 Å². The summed E-state index contributed by atoms with van der Waals surface area (Å²) in [5.41, 5.74) is 1.46. The minimum atomic E-state index is -0.485. The maximum atomic E-state index is 14.1. The zero-order valence-electron chi connectivity index (χ0n) is 17.1. The summed E-state index contributed by atoms with van der Waals surface area (Å²) in [5.74, 6) is -0.701. The minimum absolute atomic E-state index is 0.00829. The van der Waals surface area contributed by atoms with E-state index in [4.69, 9.17) is 9.57 Å². The SMILES string of the molecule is CO[C@@H]1CN(CCc2ccccc2)CC[C@H]1CON(C(C)=O)c1ccccc1F. The number of ether oxygens (including phenoxy) is 1. The fourth-order valence-corrected chi connectivity index (χ4v) is 3.74. The third-order valence-electron chi connectivity index (χ3n) is 5.42. The van der Waals surface area contributed by atoms with Crippen molar-refractivity contribution in [1.29, 1.82) is 0 Å². The van der Waals surface area contributed by atoms with E-state index in [1.165, 1.54) is 24.6 Å². The Morgan fingerprint density at radius 1 is 1.17 bits per heavy atom. The number of nitrogens with zero attached hydrogens (tertiary/aromatic N) is 2. The van der Waals surface area contributed by atoms with Crippen LogP contribution in [0.1, 0.15) is 18.9 Å². The molecule has 1 saturated heterocycles. The summed E-state index contributed by atoms with van der Waals surface area (Å²) in [4.78, 5) is 20.1. The number of carbonyl (C=O) groups excluding carboxylic acids is 1. The highest BCUT2D eigenvalue weighted by atomic mass is 19.1. The molecule has 0 spiro atoms. The third-order valence-corrected chi connectivity index (χ3v) is 5.42. The van der Waals surface area contributed by atoms with Crippen LogP contribution in [-0.2, 0) is 20.8 Å². The van der Waals surface area contributed by atoms with Gasteiger partial charge in [0.25, 0.3) is 0 Å². The number of likely N-dealkylation sites (tertiary alicyclic amines) is 1. The molecule has 29 heavy (non-hydrogen) atoms. The maximum absolute atomic E-state index is 14.1. The van der Waals surface area contributed by atoms with Crippen molar-refractivity contribution in [2.75, 3.05) is 38.4 Å². The van der Waals surface area contributed by atoms with Crippen molar-refractivity contribution in [3.63, 3.8) is 0 Å². The van der Waals surface area contributed by atoms with Gasteiger partial charge in [-0.05, 0) is 37.1 Å². The van der Waals surface area contributed by atoms with Gasteiger partial charge in [0.1, 0.15) is 11.5 Å². The fourth-order valence-electron chi connectivity index (χ4n) is 3.74. The summed E-state index contributed by atoms with van der Waals surface area (Å²) in [7, 11) is 1.71. The van der Waals surface area contributed by atoms with E-state index in [-0.39, 0.29) is 23.6 Å². The van der Waals surface area contributed by atoms with Gasteiger partial charge in [-0.2, -0.15) is 5.06 Å². The summed E-state index contributed by atoms with van der Waals surface area (Å²) in [6.45, 7) is 4.41. The number of amides is 1. The second-order valence-electron chi connectivity index (χ2n) is 7.42. The van der Waals surface area contributed by atoms with E-state index in [1.54, 1.807) is 19.2 Å². The van der Waals surface area contributed by atoms with Crippen molar-refractivity contribution in [3.05, 3.63) is 66.0 Å². The molecule has 0 saturated carbocycles. The topological polar surface area (TPSA) is 42.0 Å². The molecule has 5 nitrogen and oxygen atoms in total. The molecule has 1 amide bonds. The van der Waals surface area contributed by atoms with Crippen LogP contribution in [0.4, 0.5) is 10.1 Å². The molecular formula is C23H29FN2O3. The predicted molar refractivity (Wildman–Crippen MR) is 111 cm³/mol. The Labute approximate surface area is 172 Å². The van der Waals surface area contributed by atoms with Crippen LogP contribution >= 0.6 is 0 Å². The molecule has 156 valence electrons. The van der Waals surface area contributed by atoms with E-state index in [2.05, 4.69) is 29.2 Å². The molecule has 1 fully saturated rings. The molecule has 0 radical (unpaired) electrons. The highest BCUT2D eigenvalue weighted by molar-refractivity contribution is 5.89. The average molecular weight is 400 g/mol. The van der Waals surface area contributed by atoms with Crippen molar-refractivity contribution in [3.8, 4) is 0 Å². The summed E-state index contributed by atoms with van der Waals surface area (Å²) < 4.78 is 19.8. The van der Waals surface area contributed by atoms with Crippen molar-refractivity contribution in [1.82, 2.24) is 4.90 Å². The Balaban J connectivity index is 1.54. The lowest BCUT2D eigenvalue weighted by Crippen LogP contribution is -2.47. The summed E-state index contributed by atoms with van der Waals surface area (Å²) in [6, 6.07) is 16.6. The monoisotopic (exact) mass is 400 g/mol. The van der Waals surface area contributed by atoms with Gasteiger partial charge < -0.3 is 9.64 Å². The Morgan fingerprint density at radius 2 is 1.90 bits per heavy atom. The molecule has 3 rings (SSSR count). The molecule has 2 aromatic rings. The van der Waals surface area contributed by atoms with Crippen LogP contribution in [0.15, 0.2) is 54.6 Å². The summed E-state index contributed by atoms with van der Waals surface area (Å²) >= 11 is 0. The number of halogens is 1. The molecule has 0 unspecified atom stereocenters. The molecule has 0 bridgehead atoms. The maximum Gasteiger partial charge on any atom is 0.247 e. The summed E-state index contributed by atoms with van der Waals surface area (Å²) in [5, 5.41) is 1.05. The first kappa shape index (κ1) is 21.4. The first-order valence-corrected chi connectivity index (χ1v) is 10.1.